The number of anilines is 2. The third-order valence-corrected chi connectivity index (χ3v) is 7.09. The van der Waals surface area contributed by atoms with Crippen molar-refractivity contribution in [2.75, 3.05) is 23.9 Å². The molecule has 7 heteroatoms. The lowest BCUT2D eigenvalue weighted by atomic mass is 9.96. The van der Waals surface area contributed by atoms with Crippen LogP contribution in [0.5, 0.6) is 0 Å². The fourth-order valence-electron chi connectivity index (χ4n) is 3.96. The number of hydrogen-bond acceptors (Lipinski definition) is 3. The van der Waals surface area contributed by atoms with E-state index in [1.165, 1.54) is 20.5 Å². The van der Waals surface area contributed by atoms with Crippen LogP contribution >= 0.6 is 34.8 Å². The minimum atomic E-state index is -0.0281. The first kappa shape index (κ1) is 20.2. The summed E-state index contributed by atoms with van der Waals surface area (Å²) >= 11 is 8.26. The normalized spacial score (nSPS) is 18.8. The third-order valence-electron chi connectivity index (χ3n) is 5.38. The molecule has 0 saturated carbocycles. The summed E-state index contributed by atoms with van der Waals surface area (Å²) in [6.45, 7) is 4.25. The zero-order valence-electron chi connectivity index (χ0n) is 16.9. The summed E-state index contributed by atoms with van der Waals surface area (Å²) in [5.74, 6) is 0. The molecule has 1 fully saturated rings. The van der Waals surface area contributed by atoms with Crippen molar-refractivity contribution in [1.82, 2.24) is 15.3 Å². The molecular formula is C22H24IN5S. The molecule has 1 saturated heterocycles. The Hall–Kier alpha value is -2.13. The second kappa shape index (κ2) is 7.95. The number of H-pyrrole nitrogens is 1. The van der Waals surface area contributed by atoms with Gasteiger partial charge in [-0.1, -0.05) is 6.07 Å². The molecule has 0 aliphatic carbocycles. The molecule has 2 aromatic heterocycles. The average molecular weight is 517 g/mol. The van der Waals surface area contributed by atoms with Gasteiger partial charge in [0.25, 0.3) is 0 Å². The zero-order chi connectivity index (χ0) is 20.7. The first-order valence-corrected chi connectivity index (χ1v) is 11.0. The first-order chi connectivity index (χ1) is 13.9. The molecule has 3 aromatic rings. The molecule has 29 heavy (non-hydrogen) atoms. The van der Waals surface area contributed by atoms with Crippen LogP contribution < -0.4 is 15.1 Å². The maximum atomic E-state index is 5.82. The molecule has 1 aliphatic rings. The van der Waals surface area contributed by atoms with Gasteiger partial charge in [0.15, 0.2) is 5.11 Å². The van der Waals surface area contributed by atoms with Crippen molar-refractivity contribution in [3.05, 3.63) is 74.9 Å². The second-order valence-corrected chi connectivity index (χ2v) is 8.98. The number of rotatable bonds is 4. The molecule has 0 bridgehead atoms. The van der Waals surface area contributed by atoms with E-state index in [2.05, 4.69) is 91.9 Å². The van der Waals surface area contributed by atoms with Crippen molar-refractivity contribution in [1.29, 1.82) is 0 Å². The fourth-order valence-corrected chi connectivity index (χ4v) is 5.16. The van der Waals surface area contributed by atoms with Crippen LogP contribution in [0.25, 0.3) is 0 Å². The Kier molecular flexibility index (Phi) is 5.52. The minimum Gasteiger partial charge on any atom is -0.378 e. The molecule has 2 N–H and O–H groups in total. The smallest absolute Gasteiger partial charge is 0.174 e. The van der Waals surface area contributed by atoms with Gasteiger partial charge in [-0.25, -0.2) is 0 Å². The molecule has 1 aliphatic heterocycles. The van der Waals surface area contributed by atoms with Crippen LogP contribution in [0.2, 0.25) is 0 Å². The predicted octanol–water partition coefficient (Wildman–Crippen LogP) is 4.87. The van der Waals surface area contributed by atoms with Crippen LogP contribution in [0.1, 0.15) is 34.7 Å². The molecule has 5 nitrogen and oxygen atoms in total. The van der Waals surface area contributed by atoms with Crippen molar-refractivity contribution in [2.24, 2.45) is 0 Å². The van der Waals surface area contributed by atoms with Gasteiger partial charge >= 0.3 is 0 Å². The number of thiocarbonyl (C=S) groups is 1. The van der Waals surface area contributed by atoms with Gasteiger partial charge in [-0.3, -0.25) is 4.98 Å². The number of nitrogens with zero attached hydrogens (tertiary/aromatic N) is 3. The molecule has 0 spiro atoms. The molecule has 4 rings (SSSR count). The van der Waals surface area contributed by atoms with Crippen molar-refractivity contribution >= 4 is 51.3 Å². The van der Waals surface area contributed by atoms with E-state index >= 15 is 0 Å². The van der Waals surface area contributed by atoms with Gasteiger partial charge < -0.3 is 20.1 Å². The maximum Gasteiger partial charge on any atom is 0.174 e. The van der Waals surface area contributed by atoms with Crippen molar-refractivity contribution in [3.63, 3.8) is 0 Å². The molecule has 3 heterocycles. The van der Waals surface area contributed by atoms with Gasteiger partial charge in [-0.15, -0.1) is 0 Å². The molecule has 0 unspecified atom stereocenters. The number of pyridine rings is 1. The van der Waals surface area contributed by atoms with Gasteiger partial charge in [0.2, 0.25) is 0 Å². The average Bonchev–Trinajstić information content (AvgIpc) is 3.17. The highest BCUT2D eigenvalue weighted by atomic mass is 127. The Balaban J connectivity index is 1.85. The number of aromatic nitrogens is 2. The largest absolute Gasteiger partial charge is 0.378 e. The van der Waals surface area contributed by atoms with Crippen LogP contribution in [-0.2, 0) is 0 Å². The van der Waals surface area contributed by atoms with E-state index in [0.29, 0.717) is 0 Å². The zero-order valence-corrected chi connectivity index (χ0v) is 19.9. The fraction of sp³-hybridized carbons (Fsp3) is 0.273. The van der Waals surface area contributed by atoms with Gasteiger partial charge in [0, 0.05) is 52.2 Å². The Morgan fingerprint density at radius 1 is 1.07 bits per heavy atom. The summed E-state index contributed by atoms with van der Waals surface area (Å²) < 4.78 is 1.24. The molecule has 0 radical (unpaired) electrons. The van der Waals surface area contributed by atoms with Crippen LogP contribution in [0.3, 0.4) is 0 Å². The molecule has 0 amide bonds. The van der Waals surface area contributed by atoms with E-state index in [-0.39, 0.29) is 12.1 Å². The number of benzene rings is 1. The van der Waals surface area contributed by atoms with Gasteiger partial charge in [0.1, 0.15) is 0 Å². The van der Waals surface area contributed by atoms with E-state index in [9.17, 15) is 0 Å². The quantitative estimate of drug-likeness (QED) is 0.382. The Bertz CT molecular complexity index is 1030. The summed E-state index contributed by atoms with van der Waals surface area (Å²) in [6, 6.07) is 14.6. The summed E-state index contributed by atoms with van der Waals surface area (Å²) in [6.07, 6.45) is 1.84. The van der Waals surface area contributed by atoms with E-state index in [1.54, 1.807) is 0 Å². The highest BCUT2D eigenvalue weighted by Crippen LogP contribution is 2.44. The summed E-state index contributed by atoms with van der Waals surface area (Å²) in [5.41, 5.74) is 6.83. The Morgan fingerprint density at radius 2 is 1.79 bits per heavy atom. The lowest BCUT2D eigenvalue weighted by molar-refractivity contribution is 0.564. The SMILES string of the molecule is Cc1[nH]c(C)c([C@H]2[C@@H](c3ccccn3)NC(=S)N2c2ccc(N(C)C)cc2)c1I. The Labute approximate surface area is 190 Å². The number of aromatic amines is 1. The molecular weight excluding hydrogens is 493 g/mol. The summed E-state index contributed by atoms with van der Waals surface area (Å²) in [4.78, 5) is 12.5. The summed E-state index contributed by atoms with van der Waals surface area (Å²) in [7, 11) is 4.09. The van der Waals surface area contributed by atoms with E-state index in [0.717, 1.165) is 22.2 Å². The number of halogens is 1. The molecule has 1 aromatic carbocycles. The van der Waals surface area contributed by atoms with Gasteiger partial charge in [0.05, 0.1) is 17.8 Å². The van der Waals surface area contributed by atoms with E-state index < -0.39 is 0 Å². The Morgan fingerprint density at radius 3 is 2.34 bits per heavy atom. The highest BCUT2D eigenvalue weighted by Gasteiger charge is 2.42. The number of hydrogen-bond donors (Lipinski definition) is 2. The second-order valence-electron chi connectivity index (χ2n) is 7.51. The van der Waals surface area contributed by atoms with Crippen molar-refractivity contribution in [2.45, 2.75) is 25.9 Å². The number of nitrogens with one attached hydrogen (secondary N) is 2. The number of aryl methyl sites for hydroxylation is 2. The lowest BCUT2D eigenvalue weighted by Crippen LogP contribution is -2.29. The maximum absolute atomic E-state index is 5.82. The van der Waals surface area contributed by atoms with Crippen molar-refractivity contribution < 1.29 is 0 Å². The topological polar surface area (TPSA) is 47.2 Å². The molecule has 2 atom stereocenters. The summed E-state index contributed by atoms with van der Waals surface area (Å²) in [5, 5.41) is 4.26. The lowest BCUT2D eigenvalue weighted by Gasteiger charge is -2.29. The van der Waals surface area contributed by atoms with Gasteiger partial charge in [-0.2, -0.15) is 0 Å². The van der Waals surface area contributed by atoms with Crippen LogP contribution in [0.4, 0.5) is 11.4 Å². The highest BCUT2D eigenvalue weighted by molar-refractivity contribution is 14.1. The van der Waals surface area contributed by atoms with Crippen LogP contribution in [0, 0.1) is 17.4 Å². The minimum absolute atomic E-state index is 0.0134. The standard InChI is InChI=1S/C22H24IN5S/c1-13-18(19(23)14(2)25-13)21-20(17-7-5-6-12-24-17)26-22(29)28(21)16-10-8-15(9-11-16)27(3)4/h5-12,20-21,25H,1-4H3,(H,26,29)/t20-,21+/m1/s1. The third kappa shape index (κ3) is 3.61. The van der Waals surface area contributed by atoms with Crippen LogP contribution in [-0.4, -0.2) is 29.2 Å². The van der Waals surface area contributed by atoms with E-state index in [4.69, 9.17) is 12.2 Å². The monoisotopic (exact) mass is 517 g/mol. The van der Waals surface area contributed by atoms with Crippen molar-refractivity contribution in [3.8, 4) is 0 Å². The predicted molar refractivity (Wildman–Crippen MR) is 132 cm³/mol. The molecule has 150 valence electrons. The van der Waals surface area contributed by atoms with E-state index in [1.807, 2.05) is 32.4 Å². The first-order valence-electron chi connectivity index (χ1n) is 9.51. The van der Waals surface area contributed by atoms with Crippen LogP contribution in [0.15, 0.2) is 48.7 Å². The van der Waals surface area contributed by atoms with Gasteiger partial charge in [-0.05, 0) is 85.1 Å².